The lowest BCUT2D eigenvalue weighted by molar-refractivity contribution is -0.236. The predicted octanol–water partition coefficient (Wildman–Crippen LogP) is 7.99. The van der Waals surface area contributed by atoms with Crippen molar-refractivity contribution >= 4 is 0 Å². The first-order valence-corrected chi connectivity index (χ1v) is 13.7. The number of nitrogens with two attached hydrogens (primary N) is 1. The van der Waals surface area contributed by atoms with Crippen LogP contribution in [0.5, 0.6) is 0 Å². The molecule has 1 nitrogen and oxygen atoms in total. The van der Waals surface area contributed by atoms with E-state index in [1.165, 1.54) is 69.8 Å². The van der Waals surface area contributed by atoms with Crippen molar-refractivity contribution in [1.82, 2.24) is 0 Å². The molecule has 0 aliphatic heterocycles. The molecular formula is C30H51N. The standard InChI is InChI=1S/C30H51N/c1-19(2)20-11-14-27(5)17-18-29(7)21(25(20)27)9-10-23-28(6)15-13-24(31)26(3,4)22(28)12-16-30(23,29)8/h20-25H,1,9-18,31H2,2-8H3/t20-,21?,22?,23?,24-,25?,27+,28-,29+,30+/m0/s1. The molecule has 0 bridgehead atoms. The van der Waals surface area contributed by atoms with Gasteiger partial charge in [-0.2, -0.15) is 0 Å². The molecule has 0 aromatic carbocycles. The van der Waals surface area contributed by atoms with Crippen LogP contribution in [0.25, 0.3) is 0 Å². The number of fused-ring (bicyclic) bond motifs is 7. The molecule has 0 spiro atoms. The quantitative estimate of drug-likeness (QED) is 0.423. The molecule has 5 rings (SSSR count). The summed E-state index contributed by atoms with van der Waals surface area (Å²) in [5.74, 6) is 4.22. The fourth-order valence-electron chi connectivity index (χ4n) is 11.5. The molecule has 5 saturated carbocycles. The maximum absolute atomic E-state index is 6.72. The summed E-state index contributed by atoms with van der Waals surface area (Å²) in [6, 6.07) is 0.382. The van der Waals surface area contributed by atoms with Crippen molar-refractivity contribution < 1.29 is 0 Å². The largest absolute Gasteiger partial charge is 0.327 e. The zero-order chi connectivity index (χ0) is 22.6. The Morgan fingerprint density at radius 2 is 1.45 bits per heavy atom. The van der Waals surface area contributed by atoms with Crippen molar-refractivity contribution in [1.29, 1.82) is 0 Å². The van der Waals surface area contributed by atoms with Gasteiger partial charge < -0.3 is 5.73 Å². The van der Waals surface area contributed by atoms with Crippen molar-refractivity contribution in [3.63, 3.8) is 0 Å². The van der Waals surface area contributed by atoms with Crippen molar-refractivity contribution in [3.05, 3.63) is 12.2 Å². The molecule has 31 heavy (non-hydrogen) atoms. The van der Waals surface area contributed by atoms with Gasteiger partial charge in [0.25, 0.3) is 0 Å². The number of rotatable bonds is 1. The van der Waals surface area contributed by atoms with Crippen molar-refractivity contribution in [2.45, 2.75) is 119 Å². The van der Waals surface area contributed by atoms with Gasteiger partial charge in [-0.3, -0.25) is 0 Å². The molecule has 2 N–H and O–H groups in total. The number of allylic oxidation sites excluding steroid dienone is 1. The van der Waals surface area contributed by atoms with Crippen molar-refractivity contribution in [2.75, 3.05) is 0 Å². The maximum atomic E-state index is 6.72. The van der Waals surface area contributed by atoms with Gasteiger partial charge in [-0.05, 0) is 128 Å². The summed E-state index contributed by atoms with van der Waals surface area (Å²) in [5.41, 5.74) is 10.5. The minimum Gasteiger partial charge on any atom is -0.327 e. The lowest BCUT2D eigenvalue weighted by Crippen LogP contribution is -2.67. The molecule has 0 radical (unpaired) electrons. The molecule has 10 atom stereocenters. The molecule has 5 fully saturated rings. The van der Waals surface area contributed by atoms with Crippen LogP contribution in [0.1, 0.15) is 113 Å². The Morgan fingerprint density at radius 1 is 0.742 bits per heavy atom. The van der Waals surface area contributed by atoms with Crippen molar-refractivity contribution in [3.8, 4) is 0 Å². The molecule has 0 heterocycles. The van der Waals surface area contributed by atoms with Crippen LogP contribution in [0.4, 0.5) is 0 Å². The predicted molar refractivity (Wildman–Crippen MR) is 133 cm³/mol. The Morgan fingerprint density at radius 3 is 2.13 bits per heavy atom. The highest BCUT2D eigenvalue weighted by molar-refractivity contribution is 5.21. The molecule has 0 amide bonds. The van der Waals surface area contributed by atoms with Gasteiger partial charge in [0, 0.05) is 6.04 Å². The summed E-state index contributed by atoms with van der Waals surface area (Å²) in [7, 11) is 0. The second kappa shape index (κ2) is 6.64. The highest BCUT2D eigenvalue weighted by Crippen LogP contribution is 2.77. The third-order valence-electron chi connectivity index (χ3n) is 13.6. The Kier molecular flexibility index (Phi) is 4.82. The monoisotopic (exact) mass is 425 g/mol. The van der Waals surface area contributed by atoms with Crippen LogP contribution in [0.15, 0.2) is 12.2 Å². The second-order valence-corrected chi connectivity index (χ2v) is 14.8. The Labute approximate surface area is 193 Å². The van der Waals surface area contributed by atoms with E-state index >= 15 is 0 Å². The van der Waals surface area contributed by atoms with E-state index in [1.54, 1.807) is 0 Å². The van der Waals surface area contributed by atoms with E-state index in [9.17, 15) is 0 Å². The fourth-order valence-corrected chi connectivity index (χ4v) is 11.5. The van der Waals surface area contributed by atoms with E-state index in [0.717, 1.165) is 29.6 Å². The molecule has 176 valence electrons. The van der Waals surface area contributed by atoms with Gasteiger partial charge in [-0.1, -0.05) is 53.7 Å². The molecule has 0 saturated heterocycles. The normalized spacial score (nSPS) is 57.9. The van der Waals surface area contributed by atoms with E-state index in [4.69, 9.17) is 5.73 Å². The smallest absolute Gasteiger partial charge is 0.00933 e. The van der Waals surface area contributed by atoms with Crippen molar-refractivity contribution in [2.24, 2.45) is 62.4 Å². The van der Waals surface area contributed by atoms with Crippen LogP contribution >= 0.6 is 0 Å². The van der Waals surface area contributed by atoms with Gasteiger partial charge in [-0.15, -0.1) is 0 Å². The molecule has 5 aliphatic rings. The summed E-state index contributed by atoms with van der Waals surface area (Å²) in [5, 5.41) is 0. The van der Waals surface area contributed by atoms with E-state index in [1.807, 2.05) is 0 Å². The van der Waals surface area contributed by atoms with Crippen LogP contribution in [0.2, 0.25) is 0 Å². The minimum absolute atomic E-state index is 0.285. The van der Waals surface area contributed by atoms with Crippen LogP contribution in [0, 0.1) is 56.7 Å². The first-order chi connectivity index (χ1) is 14.3. The molecule has 5 aliphatic carbocycles. The summed E-state index contributed by atoms with van der Waals surface area (Å²) in [6.07, 6.45) is 14.1. The van der Waals surface area contributed by atoms with E-state index in [2.05, 4.69) is 55.0 Å². The van der Waals surface area contributed by atoms with Gasteiger partial charge in [0.05, 0.1) is 0 Å². The van der Waals surface area contributed by atoms with Gasteiger partial charge in [0.2, 0.25) is 0 Å². The highest BCUT2D eigenvalue weighted by atomic mass is 14.8. The molecule has 0 aromatic rings. The SMILES string of the molecule is C=C(C)[C@@H]1CC[C@]2(C)CC[C@]3(C)C(CCC4[C@@]5(C)CC[C@H](N)C(C)(C)C5CC[C@]43C)C12. The van der Waals surface area contributed by atoms with Crippen LogP contribution < -0.4 is 5.73 Å². The third-order valence-corrected chi connectivity index (χ3v) is 13.6. The van der Waals surface area contributed by atoms with E-state index in [0.29, 0.717) is 27.7 Å². The zero-order valence-electron chi connectivity index (χ0n) is 21.8. The molecule has 0 aromatic heterocycles. The second-order valence-electron chi connectivity index (χ2n) is 14.8. The number of hydrogen-bond donors (Lipinski definition) is 1. The Balaban J connectivity index is 1.54. The van der Waals surface area contributed by atoms with Gasteiger partial charge in [0.15, 0.2) is 0 Å². The van der Waals surface area contributed by atoms with E-state index < -0.39 is 0 Å². The Bertz CT molecular complexity index is 766. The first-order valence-electron chi connectivity index (χ1n) is 13.7. The average Bonchev–Trinajstić information content (AvgIpc) is 3.04. The van der Waals surface area contributed by atoms with Crippen LogP contribution in [-0.2, 0) is 0 Å². The third kappa shape index (κ3) is 2.65. The lowest BCUT2D eigenvalue weighted by atomic mass is 9.32. The summed E-state index contributed by atoms with van der Waals surface area (Å²) in [6.45, 7) is 22.7. The lowest BCUT2D eigenvalue weighted by Gasteiger charge is -2.73. The molecular weight excluding hydrogens is 374 g/mol. The molecule has 1 heteroatoms. The minimum atomic E-state index is 0.285. The summed E-state index contributed by atoms with van der Waals surface area (Å²) < 4.78 is 0. The van der Waals surface area contributed by atoms with Gasteiger partial charge in [0.1, 0.15) is 0 Å². The summed E-state index contributed by atoms with van der Waals surface area (Å²) >= 11 is 0. The zero-order valence-corrected chi connectivity index (χ0v) is 21.8. The van der Waals surface area contributed by atoms with Gasteiger partial charge in [-0.25, -0.2) is 0 Å². The fraction of sp³-hybridized carbons (Fsp3) is 0.933. The van der Waals surface area contributed by atoms with E-state index in [-0.39, 0.29) is 5.41 Å². The average molecular weight is 426 g/mol. The number of hydrogen-bond acceptors (Lipinski definition) is 1. The highest BCUT2D eigenvalue weighted by Gasteiger charge is 2.70. The first kappa shape index (κ1) is 22.5. The Hall–Kier alpha value is -0.300. The summed E-state index contributed by atoms with van der Waals surface area (Å²) in [4.78, 5) is 0. The van der Waals surface area contributed by atoms with Crippen LogP contribution in [0.3, 0.4) is 0 Å². The van der Waals surface area contributed by atoms with Gasteiger partial charge >= 0.3 is 0 Å². The maximum Gasteiger partial charge on any atom is 0.00933 e. The van der Waals surface area contributed by atoms with Crippen LogP contribution in [-0.4, -0.2) is 6.04 Å². The topological polar surface area (TPSA) is 26.0 Å². The molecule has 4 unspecified atom stereocenters.